The van der Waals surface area contributed by atoms with Crippen LogP contribution in [0.2, 0.25) is 0 Å². The summed E-state index contributed by atoms with van der Waals surface area (Å²) in [5.74, 6) is -1.19. The molecule has 0 saturated carbocycles. The van der Waals surface area contributed by atoms with Gasteiger partial charge >= 0.3 is 5.97 Å². The third-order valence-corrected chi connectivity index (χ3v) is 6.55. The molecule has 0 radical (unpaired) electrons. The molecule has 0 spiro atoms. The van der Waals surface area contributed by atoms with Gasteiger partial charge in [-0.25, -0.2) is 4.79 Å². The first-order chi connectivity index (χ1) is 15.6. The zero-order valence-electron chi connectivity index (χ0n) is 17.7. The van der Waals surface area contributed by atoms with Crippen molar-refractivity contribution in [3.63, 3.8) is 0 Å². The first-order valence-corrected chi connectivity index (χ1v) is 11.4. The standard InChI is InChI=1S/C25H24N2O4S/c1-2-31-25(30)20-18-14-9-15-19(18)32-24(20)27-23(29)21(16-10-5-3-6-11-16)26-22(28)17-12-7-4-8-13-17/h3-8,10-13,21H,2,9,14-15H2,1H3,(H,26,28)(H,27,29)/t21-/m1/s1. The second-order valence-corrected chi connectivity index (χ2v) is 8.56. The van der Waals surface area contributed by atoms with Gasteiger partial charge in [-0.05, 0) is 49.4 Å². The minimum atomic E-state index is -0.920. The molecule has 32 heavy (non-hydrogen) atoms. The lowest BCUT2D eigenvalue weighted by Gasteiger charge is -2.19. The number of ether oxygens (including phenoxy) is 1. The van der Waals surface area contributed by atoms with Crippen molar-refractivity contribution in [2.75, 3.05) is 11.9 Å². The fourth-order valence-corrected chi connectivity index (χ4v) is 5.13. The van der Waals surface area contributed by atoms with Gasteiger partial charge in [-0.15, -0.1) is 11.3 Å². The number of carbonyl (C=O) groups is 3. The van der Waals surface area contributed by atoms with E-state index in [0.717, 1.165) is 29.7 Å². The van der Waals surface area contributed by atoms with Crippen LogP contribution in [-0.4, -0.2) is 24.4 Å². The number of benzene rings is 2. The fourth-order valence-electron chi connectivity index (χ4n) is 3.85. The van der Waals surface area contributed by atoms with Gasteiger partial charge in [0, 0.05) is 10.4 Å². The normalized spacial score (nSPS) is 13.2. The lowest BCUT2D eigenvalue weighted by atomic mass is 10.0. The van der Waals surface area contributed by atoms with Crippen molar-refractivity contribution in [3.8, 4) is 0 Å². The Kier molecular flexibility index (Phi) is 6.66. The zero-order valence-corrected chi connectivity index (χ0v) is 18.5. The first kappa shape index (κ1) is 21.8. The monoisotopic (exact) mass is 448 g/mol. The van der Waals surface area contributed by atoms with Crippen LogP contribution < -0.4 is 10.6 Å². The van der Waals surface area contributed by atoms with Crippen molar-refractivity contribution >= 4 is 34.1 Å². The topological polar surface area (TPSA) is 84.5 Å². The summed E-state index contributed by atoms with van der Waals surface area (Å²) in [6.07, 6.45) is 2.67. The van der Waals surface area contributed by atoms with Crippen molar-refractivity contribution in [2.45, 2.75) is 32.2 Å². The van der Waals surface area contributed by atoms with Crippen LogP contribution in [-0.2, 0) is 22.4 Å². The van der Waals surface area contributed by atoms with E-state index in [9.17, 15) is 14.4 Å². The van der Waals surface area contributed by atoms with Gasteiger partial charge in [0.1, 0.15) is 11.0 Å². The van der Waals surface area contributed by atoms with Crippen LogP contribution in [0.4, 0.5) is 5.00 Å². The molecule has 2 N–H and O–H groups in total. The molecular formula is C25H24N2O4S. The SMILES string of the molecule is CCOC(=O)c1c(NC(=O)[C@H](NC(=O)c2ccccc2)c2ccccc2)sc2c1CCC2. The van der Waals surface area contributed by atoms with E-state index in [1.54, 1.807) is 43.3 Å². The van der Waals surface area contributed by atoms with Crippen LogP contribution >= 0.6 is 11.3 Å². The van der Waals surface area contributed by atoms with E-state index in [1.165, 1.54) is 11.3 Å². The highest BCUT2D eigenvalue weighted by molar-refractivity contribution is 7.17. The summed E-state index contributed by atoms with van der Waals surface area (Å²) in [4.78, 5) is 39.9. The van der Waals surface area contributed by atoms with Gasteiger partial charge in [-0.2, -0.15) is 0 Å². The summed E-state index contributed by atoms with van der Waals surface area (Å²) in [6, 6.07) is 16.9. The number of rotatable bonds is 7. The fraction of sp³-hybridized carbons (Fsp3) is 0.240. The van der Waals surface area contributed by atoms with E-state index in [1.807, 2.05) is 24.3 Å². The second-order valence-electron chi connectivity index (χ2n) is 7.45. The molecule has 3 aromatic rings. The summed E-state index contributed by atoms with van der Waals surface area (Å²) in [5, 5.41) is 6.21. The quantitative estimate of drug-likeness (QED) is 0.521. The summed E-state index contributed by atoms with van der Waals surface area (Å²) >= 11 is 1.41. The molecule has 1 aromatic heterocycles. The smallest absolute Gasteiger partial charge is 0.341 e. The van der Waals surface area contributed by atoms with E-state index < -0.39 is 17.9 Å². The lowest BCUT2D eigenvalue weighted by Crippen LogP contribution is -2.37. The first-order valence-electron chi connectivity index (χ1n) is 10.6. The molecule has 1 heterocycles. The van der Waals surface area contributed by atoms with Crippen LogP contribution in [0.15, 0.2) is 60.7 Å². The summed E-state index contributed by atoms with van der Waals surface area (Å²) < 4.78 is 5.25. The number of hydrogen-bond donors (Lipinski definition) is 2. The van der Waals surface area contributed by atoms with E-state index >= 15 is 0 Å². The molecule has 2 aromatic carbocycles. The van der Waals surface area contributed by atoms with Crippen LogP contribution in [0.25, 0.3) is 0 Å². The summed E-state index contributed by atoms with van der Waals surface area (Å²) in [5.41, 5.74) is 2.52. The Hall–Kier alpha value is -3.45. The molecule has 1 aliphatic rings. The number of anilines is 1. The molecule has 1 aliphatic carbocycles. The molecular weight excluding hydrogens is 424 g/mol. The van der Waals surface area contributed by atoms with Gasteiger partial charge in [-0.1, -0.05) is 48.5 Å². The largest absolute Gasteiger partial charge is 0.462 e. The Balaban J connectivity index is 1.63. The second kappa shape index (κ2) is 9.78. The predicted molar refractivity (Wildman–Crippen MR) is 124 cm³/mol. The molecule has 1 atom stereocenters. The Morgan fingerprint density at radius 1 is 1.00 bits per heavy atom. The molecule has 7 heteroatoms. The molecule has 4 rings (SSSR count). The van der Waals surface area contributed by atoms with Crippen molar-refractivity contribution in [2.24, 2.45) is 0 Å². The molecule has 164 valence electrons. The summed E-state index contributed by atoms with van der Waals surface area (Å²) in [6.45, 7) is 2.02. The molecule has 0 bridgehead atoms. The molecule has 0 aliphatic heterocycles. The highest BCUT2D eigenvalue weighted by Gasteiger charge is 2.30. The van der Waals surface area contributed by atoms with E-state index in [2.05, 4.69) is 10.6 Å². The minimum absolute atomic E-state index is 0.261. The number of hydrogen-bond acceptors (Lipinski definition) is 5. The maximum Gasteiger partial charge on any atom is 0.341 e. The van der Waals surface area contributed by atoms with Gasteiger partial charge in [-0.3, -0.25) is 9.59 Å². The number of esters is 1. The van der Waals surface area contributed by atoms with Gasteiger partial charge in [0.2, 0.25) is 0 Å². The van der Waals surface area contributed by atoms with Gasteiger partial charge in [0.05, 0.1) is 12.2 Å². The molecule has 0 saturated heterocycles. The number of carbonyl (C=O) groups excluding carboxylic acids is 3. The molecule has 0 fully saturated rings. The van der Waals surface area contributed by atoms with Crippen LogP contribution in [0.3, 0.4) is 0 Å². The van der Waals surface area contributed by atoms with Crippen LogP contribution in [0.5, 0.6) is 0 Å². The lowest BCUT2D eigenvalue weighted by molar-refractivity contribution is -0.118. The highest BCUT2D eigenvalue weighted by Crippen LogP contribution is 2.40. The Morgan fingerprint density at radius 2 is 1.69 bits per heavy atom. The number of nitrogens with one attached hydrogen (secondary N) is 2. The highest BCUT2D eigenvalue weighted by atomic mass is 32.1. The third-order valence-electron chi connectivity index (χ3n) is 5.34. The molecule has 2 amide bonds. The number of fused-ring (bicyclic) bond motifs is 1. The average Bonchev–Trinajstić information content (AvgIpc) is 3.39. The zero-order chi connectivity index (χ0) is 22.5. The minimum Gasteiger partial charge on any atom is -0.462 e. The van der Waals surface area contributed by atoms with Crippen molar-refractivity contribution in [1.82, 2.24) is 5.32 Å². The van der Waals surface area contributed by atoms with E-state index in [0.29, 0.717) is 21.7 Å². The molecule has 6 nitrogen and oxygen atoms in total. The van der Waals surface area contributed by atoms with Crippen molar-refractivity contribution in [3.05, 3.63) is 87.8 Å². The van der Waals surface area contributed by atoms with Crippen LogP contribution in [0, 0.1) is 0 Å². The maximum atomic E-state index is 13.4. The third kappa shape index (κ3) is 4.57. The number of amides is 2. The summed E-state index contributed by atoms with van der Waals surface area (Å²) in [7, 11) is 0. The Bertz CT molecular complexity index is 1130. The Morgan fingerprint density at radius 3 is 2.38 bits per heavy atom. The maximum absolute atomic E-state index is 13.4. The predicted octanol–water partition coefficient (Wildman–Crippen LogP) is 4.52. The van der Waals surface area contributed by atoms with Gasteiger partial charge in [0.25, 0.3) is 11.8 Å². The number of aryl methyl sites for hydroxylation is 1. The van der Waals surface area contributed by atoms with Gasteiger partial charge < -0.3 is 15.4 Å². The number of thiophene rings is 1. The van der Waals surface area contributed by atoms with Gasteiger partial charge in [0.15, 0.2) is 0 Å². The molecule has 0 unspecified atom stereocenters. The average molecular weight is 449 g/mol. The van der Waals surface area contributed by atoms with E-state index in [4.69, 9.17) is 4.74 Å². The Labute approximate surface area is 190 Å². The van der Waals surface area contributed by atoms with Crippen LogP contribution in [0.1, 0.15) is 56.1 Å². The van der Waals surface area contributed by atoms with Crippen molar-refractivity contribution in [1.29, 1.82) is 0 Å². The van der Waals surface area contributed by atoms with E-state index in [-0.39, 0.29) is 12.5 Å². The van der Waals surface area contributed by atoms with Crippen molar-refractivity contribution < 1.29 is 19.1 Å².